The number of hydrogen-bond donors (Lipinski definition) is 6. The number of alkyl carbamates (subject to hydrolysis) is 2. The molecule has 3 saturated heterocycles. The van der Waals surface area contributed by atoms with E-state index in [0.717, 1.165) is 19.6 Å². The molecule has 0 bridgehead atoms. The molecular weight excluding hydrogens is 1020 g/mol. The van der Waals surface area contributed by atoms with Gasteiger partial charge in [-0.15, -0.1) is 0 Å². The van der Waals surface area contributed by atoms with Gasteiger partial charge in [-0.1, -0.05) is 44.2 Å². The first-order valence-corrected chi connectivity index (χ1v) is 26.2. The maximum absolute atomic E-state index is 14.5. The highest BCUT2D eigenvalue weighted by Gasteiger charge is 2.42. The lowest BCUT2D eigenvalue weighted by Crippen LogP contribution is -2.62. The fourth-order valence-electron chi connectivity index (χ4n) is 8.99. The summed E-state index contributed by atoms with van der Waals surface area (Å²) in [7, 11) is 5.34. The lowest BCUT2D eigenvalue weighted by molar-refractivity contribution is -0.148. The molecule has 0 aliphatic carbocycles. The van der Waals surface area contributed by atoms with Gasteiger partial charge in [0.1, 0.15) is 48.0 Å². The molecule has 0 unspecified atom stereocenters. The molecule has 0 aromatic heterocycles. The Morgan fingerprint density at radius 3 is 1.60 bits per heavy atom. The van der Waals surface area contributed by atoms with Crippen LogP contribution < -0.4 is 31.9 Å². The van der Waals surface area contributed by atoms with Gasteiger partial charge in [-0.05, 0) is 84.6 Å². The maximum atomic E-state index is 14.5. The Bertz CT molecular complexity index is 2380. The van der Waals surface area contributed by atoms with E-state index in [-0.39, 0.29) is 32.5 Å². The van der Waals surface area contributed by atoms with Gasteiger partial charge in [0.15, 0.2) is 0 Å². The molecule has 5 atom stereocenters. The van der Waals surface area contributed by atoms with Crippen LogP contribution in [0.3, 0.4) is 0 Å². The van der Waals surface area contributed by atoms with Gasteiger partial charge in [0, 0.05) is 54.4 Å². The number of carbonyl (C=O) groups is 12. The number of likely N-dealkylation sites (N-methyl/N-ethyl adjacent to an activating group) is 4. The van der Waals surface area contributed by atoms with E-state index >= 15 is 0 Å². The third kappa shape index (κ3) is 17.8. The number of nitrogens with zero attached hydrogens (tertiary/aromatic N) is 6. The van der Waals surface area contributed by atoms with Crippen molar-refractivity contribution in [2.24, 2.45) is 5.92 Å². The van der Waals surface area contributed by atoms with Gasteiger partial charge in [-0.2, -0.15) is 0 Å². The molecule has 0 radical (unpaired) electrons. The van der Waals surface area contributed by atoms with Gasteiger partial charge in [0.2, 0.25) is 59.1 Å². The summed E-state index contributed by atoms with van der Waals surface area (Å²) in [5.41, 5.74) is -1.97. The fourth-order valence-corrected chi connectivity index (χ4v) is 8.99. The molecular formula is C52H80N12O14. The van der Waals surface area contributed by atoms with Gasteiger partial charge >= 0.3 is 12.2 Å². The predicted octanol–water partition coefficient (Wildman–Crippen LogP) is -0.948. The smallest absolute Gasteiger partial charge is 0.408 e. The number of fused-ring (bicyclic) bond motifs is 2. The summed E-state index contributed by atoms with van der Waals surface area (Å²) >= 11 is 0. The quantitative estimate of drug-likeness (QED) is 0.207. The Morgan fingerprint density at radius 2 is 1.12 bits per heavy atom. The Kier molecular flexibility index (Phi) is 22.8. The largest absolute Gasteiger partial charge is 0.445 e. The zero-order valence-electron chi connectivity index (χ0n) is 46.9. The van der Waals surface area contributed by atoms with E-state index in [1.165, 1.54) is 51.8 Å². The zero-order chi connectivity index (χ0) is 58.2. The van der Waals surface area contributed by atoms with Crippen LogP contribution >= 0.6 is 0 Å². The highest BCUT2D eigenvalue weighted by atomic mass is 16.6. The van der Waals surface area contributed by atoms with Gasteiger partial charge in [0.05, 0.1) is 26.2 Å². The second kappa shape index (κ2) is 28.2. The number of amides is 12. The van der Waals surface area contributed by atoms with Crippen LogP contribution in [-0.4, -0.2) is 223 Å². The van der Waals surface area contributed by atoms with E-state index in [1.54, 1.807) is 65.0 Å². The molecule has 3 aliphatic rings. The molecule has 3 fully saturated rings. The number of nitrogens with one attached hydrogen (secondary N) is 6. The molecule has 12 amide bonds. The summed E-state index contributed by atoms with van der Waals surface area (Å²) < 4.78 is 10.8. The minimum Gasteiger partial charge on any atom is -0.445 e. The molecule has 6 N–H and O–H groups in total. The van der Waals surface area contributed by atoms with Crippen molar-refractivity contribution in [1.29, 1.82) is 0 Å². The van der Waals surface area contributed by atoms with E-state index in [1.807, 2.05) is 0 Å². The van der Waals surface area contributed by atoms with Gasteiger partial charge < -0.3 is 70.8 Å². The Labute approximate surface area is 455 Å². The van der Waals surface area contributed by atoms with E-state index in [9.17, 15) is 57.5 Å². The number of piperidine rings is 2. The number of hydrogen-bond acceptors (Lipinski definition) is 14. The first-order chi connectivity index (χ1) is 36.5. The lowest BCUT2D eigenvalue weighted by Gasteiger charge is -2.38. The number of benzene rings is 1. The minimum absolute atomic E-state index is 0.0658. The molecule has 4 rings (SSSR count). The maximum Gasteiger partial charge on any atom is 0.408 e. The summed E-state index contributed by atoms with van der Waals surface area (Å²) in [6.45, 7) is 7.74. The molecule has 432 valence electrons. The standard InChI is InChI=1S/C52H80N12O14/c1-32(2)42-45(71)53-25-34(58-50(76)78-51(3,4)5)46(72)63-23-17-15-21-36(63)43(69)55-28-39(66)60(9)30-41(68)62(11)52(6,7)48(74)56-26-35(57-49(75)77-31-33-19-13-12-14-20-33)47(73)64-24-18-16-22-37(64)44(70)54-27-38(65)59(8)29-40(67)61(42)10/h12-14,19-20,32,34-37,42H,15-18,21-31H2,1-11H3,(H,53,71)(H,54,70)(H,55,69)(H,56,74)(H,57,75)(H,58,76)/t34-,35-,36+,37+,42+/m1/s1. The van der Waals surface area contributed by atoms with Gasteiger partial charge in [-0.3, -0.25) is 47.9 Å². The van der Waals surface area contributed by atoms with Crippen molar-refractivity contribution < 1.29 is 67.0 Å². The molecule has 3 aliphatic heterocycles. The van der Waals surface area contributed by atoms with Crippen LogP contribution in [-0.2, 0) is 64.0 Å². The summed E-state index contributed by atoms with van der Waals surface area (Å²) in [4.78, 5) is 172. The van der Waals surface area contributed by atoms with E-state index in [2.05, 4.69) is 31.9 Å². The number of ether oxygens (including phenoxy) is 2. The zero-order valence-corrected chi connectivity index (χ0v) is 46.9. The third-order valence-corrected chi connectivity index (χ3v) is 13.8. The third-order valence-electron chi connectivity index (χ3n) is 13.8. The average Bonchev–Trinajstić information content (AvgIpc) is 3.41. The number of carbonyl (C=O) groups excluding carboxylic acids is 12. The minimum atomic E-state index is -1.63. The van der Waals surface area contributed by atoms with Crippen LogP contribution in [0.1, 0.15) is 92.6 Å². The topological polar surface area (TPSA) is 315 Å². The molecule has 0 saturated carbocycles. The number of rotatable bonds is 5. The summed E-state index contributed by atoms with van der Waals surface area (Å²) in [6, 6.07) is 2.34. The second-order valence-corrected chi connectivity index (χ2v) is 21.6. The molecule has 0 spiro atoms. The molecule has 3 heterocycles. The van der Waals surface area contributed by atoms with Crippen molar-refractivity contribution >= 4 is 71.3 Å². The fraction of sp³-hybridized carbons (Fsp3) is 0.654. The van der Waals surface area contributed by atoms with Crippen LogP contribution in [0, 0.1) is 5.92 Å². The summed E-state index contributed by atoms with van der Waals surface area (Å²) in [6.07, 6.45) is 0.366. The van der Waals surface area contributed by atoms with Crippen molar-refractivity contribution in [2.45, 2.75) is 135 Å². The highest BCUT2D eigenvalue weighted by molar-refractivity contribution is 5.97. The average molecular weight is 1100 g/mol. The first kappa shape index (κ1) is 63.0. The van der Waals surface area contributed by atoms with E-state index in [4.69, 9.17) is 9.47 Å². The van der Waals surface area contributed by atoms with Crippen molar-refractivity contribution in [3.8, 4) is 0 Å². The Morgan fingerprint density at radius 1 is 0.641 bits per heavy atom. The van der Waals surface area contributed by atoms with E-state index < -0.39 is 158 Å². The van der Waals surface area contributed by atoms with Crippen molar-refractivity contribution in [2.75, 3.05) is 80.5 Å². The predicted molar refractivity (Wildman–Crippen MR) is 281 cm³/mol. The van der Waals surface area contributed by atoms with Crippen molar-refractivity contribution in [3.05, 3.63) is 35.9 Å². The normalized spacial score (nSPS) is 24.1. The van der Waals surface area contributed by atoms with Crippen molar-refractivity contribution in [3.63, 3.8) is 0 Å². The van der Waals surface area contributed by atoms with E-state index in [0.29, 0.717) is 31.2 Å². The molecule has 1 aromatic carbocycles. The Balaban J connectivity index is 1.66. The van der Waals surface area contributed by atoms with Crippen LogP contribution in [0.2, 0.25) is 0 Å². The SMILES string of the molecule is CC(C)[C@H]1C(=O)NC[C@@H](NC(=O)OC(C)(C)C)C(=O)N2CCCC[C@H]2C(=O)NCC(=O)N(C)CC(=O)N(C)C(C)(C)C(=O)NC[C@@H](NC(=O)OCc2ccccc2)C(=O)N2CCCC[C@H]2C(=O)NCC(=O)N(C)CC(=O)N1C. The summed E-state index contributed by atoms with van der Waals surface area (Å²) in [5, 5.41) is 15.4. The van der Waals surface area contributed by atoms with Gasteiger partial charge in [0.25, 0.3) is 0 Å². The lowest BCUT2D eigenvalue weighted by atomic mass is 9.99. The molecule has 26 heteroatoms. The molecule has 26 nitrogen and oxygen atoms in total. The van der Waals surface area contributed by atoms with Crippen LogP contribution in [0.25, 0.3) is 0 Å². The van der Waals surface area contributed by atoms with Crippen LogP contribution in [0.5, 0.6) is 0 Å². The van der Waals surface area contributed by atoms with Crippen molar-refractivity contribution in [1.82, 2.24) is 61.3 Å². The molecule has 78 heavy (non-hydrogen) atoms. The van der Waals surface area contributed by atoms with Crippen LogP contribution in [0.4, 0.5) is 9.59 Å². The second-order valence-electron chi connectivity index (χ2n) is 21.6. The monoisotopic (exact) mass is 1100 g/mol. The summed E-state index contributed by atoms with van der Waals surface area (Å²) in [5.74, 6) is -7.65. The molecule has 1 aromatic rings. The highest BCUT2D eigenvalue weighted by Crippen LogP contribution is 2.22. The van der Waals surface area contributed by atoms with Crippen LogP contribution in [0.15, 0.2) is 30.3 Å². The van der Waals surface area contributed by atoms with Gasteiger partial charge in [-0.25, -0.2) is 9.59 Å². The first-order valence-electron chi connectivity index (χ1n) is 26.2. The Hall–Kier alpha value is -7.54.